The van der Waals surface area contributed by atoms with Gasteiger partial charge in [0, 0.05) is 5.92 Å². The van der Waals surface area contributed by atoms with Crippen molar-refractivity contribution in [1.82, 2.24) is 0 Å². The molecule has 0 saturated heterocycles. The van der Waals surface area contributed by atoms with Crippen LogP contribution in [0.3, 0.4) is 0 Å². The van der Waals surface area contributed by atoms with Gasteiger partial charge in [0.05, 0.1) is 16.5 Å². The van der Waals surface area contributed by atoms with Crippen molar-refractivity contribution < 1.29 is 9.53 Å². The fraction of sp³-hybridized carbons (Fsp3) is 0.0952. The molecule has 3 aromatic carbocycles. The summed E-state index contributed by atoms with van der Waals surface area (Å²) in [6.45, 7) is 0. The van der Waals surface area contributed by atoms with Crippen LogP contribution in [0.4, 0.5) is 0 Å². The van der Waals surface area contributed by atoms with Crippen molar-refractivity contribution in [3.05, 3.63) is 100 Å². The van der Waals surface area contributed by atoms with Crippen molar-refractivity contribution in [2.75, 3.05) is 0 Å². The van der Waals surface area contributed by atoms with E-state index in [9.17, 15) is 4.79 Å². The Bertz CT molecular complexity index is 848. The van der Waals surface area contributed by atoms with Crippen LogP contribution in [0.15, 0.2) is 78.9 Å². The molecule has 0 aliphatic rings. The van der Waals surface area contributed by atoms with Gasteiger partial charge in [-0.3, -0.25) is 4.79 Å². The topological polar surface area (TPSA) is 26.3 Å². The van der Waals surface area contributed by atoms with Gasteiger partial charge in [0.25, 0.3) is 0 Å². The third-order valence-electron chi connectivity index (χ3n) is 3.89. The van der Waals surface area contributed by atoms with Crippen LogP contribution in [-0.4, -0.2) is 5.97 Å². The molecule has 25 heavy (non-hydrogen) atoms. The maximum atomic E-state index is 12.4. The number of carbonyl (C=O) groups excluding carboxylic acids is 1. The summed E-state index contributed by atoms with van der Waals surface area (Å²) in [7, 11) is 0. The molecule has 1 atom stereocenters. The molecule has 0 aliphatic heterocycles. The first-order valence-corrected chi connectivity index (χ1v) is 8.64. The smallest absolute Gasteiger partial charge is 0.312 e. The number of hydrogen-bond acceptors (Lipinski definition) is 2. The maximum Gasteiger partial charge on any atom is 0.312 e. The van der Waals surface area contributed by atoms with Crippen LogP contribution in [0.1, 0.15) is 23.5 Å². The molecule has 0 spiro atoms. The van der Waals surface area contributed by atoms with Crippen LogP contribution in [0.5, 0.6) is 5.75 Å². The fourth-order valence-electron chi connectivity index (χ4n) is 2.67. The van der Waals surface area contributed by atoms with Crippen LogP contribution in [0.25, 0.3) is 0 Å². The highest BCUT2D eigenvalue weighted by Gasteiger charge is 2.20. The normalized spacial score (nSPS) is 11.8. The molecule has 4 heteroatoms. The second kappa shape index (κ2) is 8.19. The van der Waals surface area contributed by atoms with E-state index >= 15 is 0 Å². The monoisotopic (exact) mass is 370 g/mol. The minimum Gasteiger partial charge on any atom is -0.427 e. The Labute approximate surface area is 157 Å². The number of esters is 1. The molecule has 3 rings (SSSR count). The number of rotatable bonds is 5. The van der Waals surface area contributed by atoms with Gasteiger partial charge in [0.2, 0.25) is 0 Å². The van der Waals surface area contributed by atoms with E-state index in [2.05, 4.69) is 0 Å². The lowest BCUT2D eigenvalue weighted by molar-refractivity contribution is -0.134. The first kappa shape index (κ1) is 17.5. The Balaban J connectivity index is 1.86. The Kier molecular flexibility index (Phi) is 5.75. The maximum absolute atomic E-state index is 12.4. The SMILES string of the molecule is O=C(C[C@H](c1ccccc1)c1ccc(Cl)c(Cl)c1)Oc1ccccc1. The molecule has 0 heterocycles. The predicted octanol–water partition coefficient (Wildman–Crippen LogP) is 6.12. The van der Waals surface area contributed by atoms with Crippen molar-refractivity contribution in [3.63, 3.8) is 0 Å². The molecular formula is C21H16Cl2O2. The number of carbonyl (C=O) groups is 1. The Morgan fingerprint density at radius 2 is 1.44 bits per heavy atom. The van der Waals surface area contributed by atoms with Crippen molar-refractivity contribution >= 4 is 29.2 Å². The average Bonchev–Trinajstić information content (AvgIpc) is 2.64. The van der Waals surface area contributed by atoms with Crippen molar-refractivity contribution in [2.45, 2.75) is 12.3 Å². The molecule has 0 unspecified atom stereocenters. The van der Waals surface area contributed by atoms with Gasteiger partial charge in [-0.2, -0.15) is 0 Å². The van der Waals surface area contributed by atoms with Crippen LogP contribution in [0.2, 0.25) is 10.0 Å². The molecular weight excluding hydrogens is 355 g/mol. The molecule has 0 amide bonds. The molecule has 0 radical (unpaired) electrons. The van der Waals surface area contributed by atoms with E-state index in [4.69, 9.17) is 27.9 Å². The standard InChI is InChI=1S/C21H16Cl2O2/c22-19-12-11-16(13-20(19)23)18(15-7-3-1-4-8-15)14-21(24)25-17-9-5-2-6-10-17/h1-13,18H,14H2/t18-/m1/s1. The summed E-state index contributed by atoms with van der Waals surface area (Å²) in [4.78, 5) is 12.4. The van der Waals surface area contributed by atoms with Gasteiger partial charge in [-0.25, -0.2) is 0 Å². The summed E-state index contributed by atoms with van der Waals surface area (Å²) in [6.07, 6.45) is 0.205. The van der Waals surface area contributed by atoms with Crippen LogP contribution in [0, 0.1) is 0 Å². The third-order valence-corrected chi connectivity index (χ3v) is 4.63. The molecule has 0 fully saturated rings. The van der Waals surface area contributed by atoms with Crippen molar-refractivity contribution in [1.29, 1.82) is 0 Å². The summed E-state index contributed by atoms with van der Waals surface area (Å²) in [5, 5.41) is 0.959. The van der Waals surface area contributed by atoms with E-state index in [1.807, 2.05) is 54.6 Å². The van der Waals surface area contributed by atoms with Crippen LogP contribution < -0.4 is 4.74 Å². The average molecular weight is 371 g/mol. The second-order valence-corrected chi connectivity index (χ2v) is 6.44. The zero-order valence-electron chi connectivity index (χ0n) is 13.4. The van der Waals surface area contributed by atoms with Gasteiger partial charge in [0.15, 0.2) is 0 Å². The highest BCUT2D eigenvalue weighted by Crippen LogP contribution is 2.32. The summed E-state index contributed by atoms with van der Waals surface area (Å²) in [6, 6.07) is 24.3. The molecule has 126 valence electrons. The molecule has 0 aliphatic carbocycles. The van der Waals surface area contributed by atoms with Crippen LogP contribution in [-0.2, 0) is 4.79 Å². The zero-order chi connectivity index (χ0) is 17.6. The quantitative estimate of drug-likeness (QED) is 0.399. The molecule has 2 nitrogen and oxygen atoms in total. The number of benzene rings is 3. The van der Waals surface area contributed by atoms with Gasteiger partial charge in [-0.1, -0.05) is 77.8 Å². The van der Waals surface area contributed by atoms with Gasteiger partial charge < -0.3 is 4.74 Å². The number of para-hydroxylation sites is 1. The first-order valence-electron chi connectivity index (χ1n) is 7.89. The summed E-state index contributed by atoms with van der Waals surface area (Å²) >= 11 is 12.2. The predicted molar refractivity (Wildman–Crippen MR) is 101 cm³/mol. The lowest BCUT2D eigenvalue weighted by Crippen LogP contribution is -2.14. The lowest BCUT2D eigenvalue weighted by atomic mass is 9.88. The Morgan fingerprint density at radius 1 is 0.800 bits per heavy atom. The minimum atomic E-state index is -0.300. The second-order valence-electron chi connectivity index (χ2n) is 5.63. The third kappa shape index (κ3) is 4.62. The van der Waals surface area contributed by atoms with E-state index in [1.165, 1.54) is 0 Å². The zero-order valence-corrected chi connectivity index (χ0v) is 14.9. The van der Waals surface area contributed by atoms with Crippen molar-refractivity contribution in [2.24, 2.45) is 0 Å². The fourth-order valence-corrected chi connectivity index (χ4v) is 2.98. The minimum absolute atomic E-state index is 0.160. The summed E-state index contributed by atoms with van der Waals surface area (Å²) < 4.78 is 5.44. The number of ether oxygens (including phenoxy) is 1. The van der Waals surface area contributed by atoms with Crippen molar-refractivity contribution in [3.8, 4) is 5.75 Å². The molecule has 0 bridgehead atoms. The number of hydrogen-bond donors (Lipinski definition) is 0. The van der Waals surface area contributed by atoms with E-state index < -0.39 is 0 Å². The molecule has 3 aromatic rings. The van der Waals surface area contributed by atoms with Crippen LogP contribution >= 0.6 is 23.2 Å². The highest BCUT2D eigenvalue weighted by molar-refractivity contribution is 6.42. The van der Waals surface area contributed by atoms with E-state index in [-0.39, 0.29) is 18.3 Å². The van der Waals surface area contributed by atoms with E-state index in [0.29, 0.717) is 15.8 Å². The Morgan fingerprint density at radius 3 is 2.08 bits per heavy atom. The largest absolute Gasteiger partial charge is 0.427 e. The molecule has 0 aromatic heterocycles. The Hall–Kier alpha value is -2.29. The molecule has 0 N–H and O–H groups in total. The lowest BCUT2D eigenvalue weighted by Gasteiger charge is -2.18. The molecule has 0 saturated carbocycles. The summed E-state index contributed by atoms with van der Waals surface area (Å²) in [5.41, 5.74) is 1.94. The van der Waals surface area contributed by atoms with Gasteiger partial charge in [-0.05, 0) is 35.4 Å². The van der Waals surface area contributed by atoms with Gasteiger partial charge >= 0.3 is 5.97 Å². The van der Waals surface area contributed by atoms with E-state index in [0.717, 1.165) is 11.1 Å². The highest BCUT2D eigenvalue weighted by atomic mass is 35.5. The van der Waals surface area contributed by atoms with Gasteiger partial charge in [-0.15, -0.1) is 0 Å². The first-order chi connectivity index (χ1) is 12.1. The van der Waals surface area contributed by atoms with Gasteiger partial charge in [0.1, 0.15) is 5.75 Å². The number of halogens is 2. The summed E-state index contributed by atoms with van der Waals surface area (Å²) in [5.74, 6) is 0.0757. The van der Waals surface area contributed by atoms with E-state index in [1.54, 1.807) is 24.3 Å².